The van der Waals surface area contributed by atoms with Crippen molar-refractivity contribution in [2.75, 3.05) is 17.1 Å². The number of nitrogens with zero attached hydrogens (tertiary/aromatic N) is 2. The lowest BCUT2D eigenvalue weighted by Gasteiger charge is -2.28. The van der Waals surface area contributed by atoms with Gasteiger partial charge in [-0.2, -0.15) is 0 Å². The third kappa shape index (κ3) is 6.28. The van der Waals surface area contributed by atoms with Crippen molar-refractivity contribution in [2.24, 2.45) is 0 Å². The number of nitro groups is 1. The van der Waals surface area contributed by atoms with Gasteiger partial charge in [0.05, 0.1) is 16.9 Å². The zero-order chi connectivity index (χ0) is 21.6. The first kappa shape index (κ1) is 22.4. The predicted molar refractivity (Wildman–Crippen MR) is 112 cm³/mol. The Morgan fingerprint density at radius 2 is 1.90 bits per heavy atom. The lowest BCUT2D eigenvalue weighted by atomic mass is 10.1. The van der Waals surface area contributed by atoms with Crippen molar-refractivity contribution in [1.82, 2.24) is 5.32 Å². The number of rotatable bonds is 9. The molecule has 29 heavy (non-hydrogen) atoms. The number of non-ortho nitro benzene ring substituents is 1. The number of anilines is 1. The molecule has 8 nitrogen and oxygen atoms in total. The minimum atomic E-state index is -3.83. The molecule has 156 valence electrons. The second-order valence-electron chi connectivity index (χ2n) is 6.90. The number of aryl methyl sites for hydroxylation is 2. The molecule has 2 aromatic carbocycles. The summed E-state index contributed by atoms with van der Waals surface area (Å²) in [4.78, 5) is 22.9. The SMILES string of the molecule is Cc1cccc(CCCNC(=O)C(C)N(c2cccc([N+](=O)[O-])c2)S(C)(=O)=O)c1. The van der Waals surface area contributed by atoms with Crippen LogP contribution in [0.2, 0.25) is 0 Å². The van der Waals surface area contributed by atoms with Gasteiger partial charge in [-0.1, -0.05) is 35.9 Å². The fourth-order valence-corrected chi connectivity index (χ4v) is 4.24. The van der Waals surface area contributed by atoms with Crippen molar-refractivity contribution in [3.63, 3.8) is 0 Å². The average Bonchev–Trinajstić information content (AvgIpc) is 2.64. The second-order valence-corrected chi connectivity index (χ2v) is 8.75. The summed E-state index contributed by atoms with van der Waals surface area (Å²) in [5, 5.41) is 13.7. The molecule has 0 radical (unpaired) electrons. The van der Waals surface area contributed by atoms with Gasteiger partial charge in [0.15, 0.2) is 0 Å². The number of hydrogen-bond acceptors (Lipinski definition) is 5. The molecule has 2 rings (SSSR count). The van der Waals surface area contributed by atoms with Crippen LogP contribution in [0.4, 0.5) is 11.4 Å². The lowest BCUT2D eigenvalue weighted by molar-refractivity contribution is -0.384. The molecule has 0 aliphatic carbocycles. The summed E-state index contributed by atoms with van der Waals surface area (Å²) in [5.74, 6) is -0.467. The van der Waals surface area contributed by atoms with Crippen molar-refractivity contribution in [3.05, 3.63) is 69.8 Å². The maximum Gasteiger partial charge on any atom is 0.271 e. The van der Waals surface area contributed by atoms with Crippen LogP contribution in [0.1, 0.15) is 24.5 Å². The van der Waals surface area contributed by atoms with E-state index in [2.05, 4.69) is 11.4 Å². The molecule has 0 fully saturated rings. The molecule has 0 aliphatic rings. The second kappa shape index (κ2) is 9.51. The van der Waals surface area contributed by atoms with Crippen LogP contribution >= 0.6 is 0 Å². The van der Waals surface area contributed by atoms with E-state index in [1.807, 2.05) is 25.1 Å². The number of benzene rings is 2. The highest BCUT2D eigenvalue weighted by Gasteiger charge is 2.29. The Morgan fingerprint density at radius 3 is 2.52 bits per heavy atom. The van der Waals surface area contributed by atoms with Gasteiger partial charge in [-0.25, -0.2) is 8.42 Å². The number of carbonyl (C=O) groups is 1. The fourth-order valence-electron chi connectivity index (χ4n) is 3.07. The highest BCUT2D eigenvalue weighted by atomic mass is 32.2. The molecule has 2 aromatic rings. The van der Waals surface area contributed by atoms with Crippen LogP contribution < -0.4 is 9.62 Å². The first-order chi connectivity index (χ1) is 13.6. The number of amides is 1. The molecule has 1 amide bonds. The maximum absolute atomic E-state index is 12.5. The minimum Gasteiger partial charge on any atom is -0.354 e. The Kier molecular flexibility index (Phi) is 7.33. The third-order valence-corrected chi connectivity index (χ3v) is 5.65. The van der Waals surface area contributed by atoms with E-state index in [9.17, 15) is 23.3 Å². The summed E-state index contributed by atoms with van der Waals surface area (Å²) in [7, 11) is -3.83. The van der Waals surface area contributed by atoms with Crippen molar-refractivity contribution >= 4 is 27.3 Å². The van der Waals surface area contributed by atoms with Crippen molar-refractivity contribution in [1.29, 1.82) is 0 Å². The minimum absolute atomic E-state index is 0.0733. The van der Waals surface area contributed by atoms with E-state index in [0.717, 1.165) is 23.0 Å². The number of hydrogen-bond donors (Lipinski definition) is 1. The Hall–Kier alpha value is -2.94. The summed E-state index contributed by atoms with van der Waals surface area (Å²) in [6.45, 7) is 3.86. The monoisotopic (exact) mass is 419 g/mol. The molecular formula is C20H25N3O5S. The van der Waals surface area contributed by atoms with Crippen LogP contribution in [0, 0.1) is 17.0 Å². The smallest absolute Gasteiger partial charge is 0.271 e. The molecule has 0 heterocycles. The van der Waals surface area contributed by atoms with Gasteiger partial charge in [-0.3, -0.25) is 19.2 Å². The molecule has 0 aliphatic heterocycles. The van der Waals surface area contributed by atoms with E-state index < -0.39 is 26.9 Å². The van der Waals surface area contributed by atoms with E-state index in [4.69, 9.17) is 0 Å². The summed E-state index contributed by atoms with van der Waals surface area (Å²) in [6.07, 6.45) is 2.46. The Morgan fingerprint density at radius 1 is 1.21 bits per heavy atom. The van der Waals surface area contributed by atoms with Gasteiger partial charge in [-0.15, -0.1) is 0 Å². The van der Waals surface area contributed by atoms with Gasteiger partial charge in [-0.05, 0) is 38.3 Å². The van der Waals surface area contributed by atoms with Crippen LogP contribution in [-0.4, -0.2) is 38.1 Å². The lowest BCUT2D eigenvalue weighted by Crippen LogP contribution is -2.48. The molecule has 0 bridgehead atoms. The standard InChI is InChI=1S/C20H25N3O5S/c1-15-7-4-8-17(13-15)9-6-12-21-20(24)16(2)22(29(3,27)28)18-10-5-11-19(14-18)23(25)26/h4-5,7-8,10-11,13-14,16H,6,9,12H2,1-3H3,(H,21,24). The summed E-state index contributed by atoms with van der Waals surface area (Å²) in [5.41, 5.74) is 2.16. The molecule has 1 unspecified atom stereocenters. The van der Waals surface area contributed by atoms with Crippen LogP contribution in [0.5, 0.6) is 0 Å². The van der Waals surface area contributed by atoms with Gasteiger partial charge >= 0.3 is 0 Å². The molecule has 0 aromatic heterocycles. The average molecular weight is 420 g/mol. The molecular weight excluding hydrogens is 394 g/mol. The van der Waals surface area contributed by atoms with Crippen LogP contribution in [0.3, 0.4) is 0 Å². The number of nitro benzene ring substituents is 1. The Bertz CT molecular complexity index is 991. The summed E-state index contributed by atoms with van der Waals surface area (Å²) < 4.78 is 25.5. The van der Waals surface area contributed by atoms with E-state index in [-0.39, 0.29) is 11.4 Å². The zero-order valence-corrected chi connectivity index (χ0v) is 17.5. The third-order valence-electron chi connectivity index (χ3n) is 4.41. The summed E-state index contributed by atoms with van der Waals surface area (Å²) in [6, 6.07) is 12.3. The maximum atomic E-state index is 12.5. The van der Waals surface area contributed by atoms with Gasteiger partial charge in [0.2, 0.25) is 15.9 Å². The van der Waals surface area contributed by atoms with Crippen molar-refractivity contribution < 1.29 is 18.1 Å². The fraction of sp³-hybridized carbons (Fsp3) is 0.350. The predicted octanol–water partition coefficient (Wildman–Crippen LogP) is 2.81. The van der Waals surface area contributed by atoms with E-state index in [0.29, 0.717) is 13.0 Å². The number of carbonyl (C=O) groups excluding carboxylic acids is 1. The molecule has 1 atom stereocenters. The normalized spacial score (nSPS) is 12.2. The topological polar surface area (TPSA) is 110 Å². The first-order valence-electron chi connectivity index (χ1n) is 9.16. The number of sulfonamides is 1. The van der Waals surface area contributed by atoms with Crippen molar-refractivity contribution in [2.45, 2.75) is 32.7 Å². The number of nitrogens with one attached hydrogen (secondary N) is 1. The molecule has 1 N–H and O–H groups in total. The summed E-state index contributed by atoms with van der Waals surface area (Å²) >= 11 is 0. The molecule has 0 saturated carbocycles. The van der Waals surface area contributed by atoms with E-state index >= 15 is 0 Å². The van der Waals surface area contributed by atoms with Gasteiger partial charge in [0, 0.05) is 18.7 Å². The van der Waals surface area contributed by atoms with Gasteiger partial charge < -0.3 is 5.32 Å². The van der Waals surface area contributed by atoms with Gasteiger partial charge in [0.1, 0.15) is 6.04 Å². The first-order valence-corrected chi connectivity index (χ1v) is 11.0. The molecule has 0 spiro atoms. The van der Waals surface area contributed by atoms with Gasteiger partial charge in [0.25, 0.3) is 5.69 Å². The zero-order valence-electron chi connectivity index (χ0n) is 16.7. The van der Waals surface area contributed by atoms with Crippen molar-refractivity contribution in [3.8, 4) is 0 Å². The van der Waals surface area contributed by atoms with Crippen LogP contribution in [0.15, 0.2) is 48.5 Å². The largest absolute Gasteiger partial charge is 0.354 e. The Labute approximate surface area is 170 Å². The molecule has 0 saturated heterocycles. The van der Waals surface area contributed by atoms with E-state index in [1.165, 1.54) is 36.2 Å². The highest BCUT2D eigenvalue weighted by molar-refractivity contribution is 7.92. The van der Waals surface area contributed by atoms with E-state index in [1.54, 1.807) is 0 Å². The quantitative estimate of drug-likeness (QED) is 0.382. The molecule has 9 heteroatoms. The van der Waals surface area contributed by atoms with Crippen LogP contribution in [0.25, 0.3) is 0 Å². The Balaban J connectivity index is 2.05. The van der Waals surface area contributed by atoms with Crippen LogP contribution in [-0.2, 0) is 21.2 Å². The highest BCUT2D eigenvalue weighted by Crippen LogP contribution is 2.25.